The van der Waals surface area contributed by atoms with Crippen LogP contribution in [0.2, 0.25) is 0 Å². The maximum Gasteiger partial charge on any atom is 0.335 e. The van der Waals surface area contributed by atoms with E-state index in [9.17, 15) is 14.7 Å². The second kappa shape index (κ2) is 7.53. The first-order chi connectivity index (χ1) is 13.0. The van der Waals surface area contributed by atoms with Gasteiger partial charge in [-0.25, -0.2) is 4.79 Å². The Morgan fingerprint density at radius 3 is 2.59 bits per heavy atom. The summed E-state index contributed by atoms with van der Waals surface area (Å²) in [6.45, 7) is 1.98. The van der Waals surface area contributed by atoms with Crippen LogP contribution in [-0.4, -0.2) is 31.1 Å². The first kappa shape index (κ1) is 18.5. The van der Waals surface area contributed by atoms with E-state index < -0.39 is 5.97 Å². The van der Waals surface area contributed by atoms with E-state index in [1.54, 1.807) is 37.5 Å². The highest BCUT2D eigenvalue weighted by atomic mass is 16.5. The molecule has 0 saturated carbocycles. The van der Waals surface area contributed by atoms with E-state index in [2.05, 4.69) is 0 Å². The average Bonchev–Trinajstić information content (AvgIpc) is 2.98. The van der Waals surface area contributed by atoms with Crippen LogP contribution in [0.15, 0.2) is 36.1 Å². The molecule has 2 aromatic rings. The van der Waals surface area contributed by atoms with Crippen LogP contribution in [-0.2, 0) is 6.42 Å². The number of hydrogen-bond acceptors (Lipinski definition) is 5. The zero-order chi connectivity index (χ0) is 19.6. The number of carboxylic acid groups (broad SMARTS) is 1. The van der Waals surface area contributed by atoms with E-state index in [0.717, 1.165) is 6.42 Å². The Morgan fingerprint density at radius 1 is 1.19 bits per heavy atom. The fraction of sp³-hybridized carbons (Fsp3) is 0.238. The van der Waals surface area contributed by atoms with E-state index in [4.69, 9.17) is 14.2 Å². The van der Waals surface area contributed by atoms with Crippen LogP contribution in [0.25, 0.3) is 6.08 Å². The van der Waals surface area contributed by atoms with Crippen molar-refractivity contribution in [2.24, 2.45) is 0 Å². The van der Waals surface area contributed by atoms with Gasteiger partial charge in [0, 0.05) is 5.56 Å². The van der Waals surface area contributed by atoms with Gasteiger partial charge in [-0.2, -0.15) is 0 Å². The van der Waals surface area contributed by atoms with Gasteiger partial charge in [0.2, 0.25) is 5.78 Å². The van der Waals surface area contributed by atoms with Crippen molar-refractivity contribution < 1.29 is 28.9 Å². The van der Waals surface area contributed by atoms with Crippen molar-refractivity contribution in [2.75, 3.05) is 14.2 Å². The van der Waals surface area contributed by atoms with Gasteiger partial charge in [-0.05, 0) is 48.4 Å². The minimum absolute atomic E-state index is 0.0781. The molecule has 1 aliphatic rings. The third kappa shape index (κ3) is 3.51. The van der Waals surface area contributed by atoms with Crippen molar-refractivity contribution in [1.29, 1.82) is 0 Å². The number of allylic oxidation sites excluding steroid dienone is 1. The van der Waals surface area contributed by atoms with Gasteiger partial charge in [0.15, 0.2) is 5.76 Å². The van der Waals surface area contributed by atoms with E-state index in [-0.39, 0.29) is 22.7 Å². The first-order valence-corrected chi connectivity index (χ1v) is 8.55. The minimum atomic E-state index is -1.07. The van der Waals surface area contributed by atoms with Gasteiger partial charge in [0.05, 0.1) is 25.3 Å². The van der Waals surface area contributed by atoms with Gasteiger partial charge in [-0.1, -0.05) is 13.3 Å². The van der Waals surface area contributed by atoms with Crippen LogP contribution in [0.3, 0.4) is 0 Å². The summed E-state index contributed by atoms with van der Waals surface area (Å²) in [7, 11) is 3.09. The summed E-state index contributed by atoms with van der Waals surface area (Å²) in [5.74, 6) is 0.308. The first-order valence-electron chi connectivity index (χ1n) is 8.55. The lowest BCUT2D eigenvalue weighted by molar-refractivity contribution is 0.0696. The SMILES string of the molecule is CCCc1cc(C(=O)O)cc2c1OC(=Cc1cc(OC)ccc1OC)C2=O. The molecular formula is C21H20O6. The Hall–Kier alpha value is -3.28. The molecule has 27 heavy (non-hydrogen) atoms. The van der Waals surface area contributed by atoms with Gasteiger partial charge >= 0.3 is 5.97 Å². The van der Waals surface area contributed by atoms with Crippen LogP contribution < -0.4 is 14.2 Å². The number of ether oxygens (including phenoxy) is 3. The van der Waals surface area contributed by atoms with Crippen LogP contribution in [0.5, 0.6) is 17.2 Å². The number of benzene rings is 2. The van der Waals surface area contributed by atoms with Gasteiger partial charge in [-0.15, -0.1) is 0 Å². The van der Waals surface area contributed by atoms with Crippen molar-refractivity contribution in [2.45, 2.75) is 19.8 Å². The molecule has 0 radical (unpaired) electrons. The number of aryl methyl sites for hydroxylation is 1. The van der Waals surface area contributed by atoms with E-state index in [0.29, 0.717) is 34.8 Å². The predicted molar refractivity (Wildman–Crippen MR) is 99.9 cm³/mol. The van der Waals surface area contributed by atoms with E-state index in [1.807, 2.05) is 6.92 Å². The van der Waals surface area contributed by atoms with Crippen LogP contribution in [0, 0.1) is 0 Å². The topological polar surface area (TPSA) is 82.1 Å². The van der Waals surface area contributed by atoms with Gasteiger partial charge in [0.1, 0.15) is 17.2 Å². The van der Waals surface area contributed by atoms with Crippen LogP contribution in [0.4, 0.5) is 0 Å². The Balaban J connectivity index is 2.08. The van der Waals surface area contributed by atoms with Crippen molar-refractivity contribution in [3.05, 3.63) is 58.3 Å². The molecule has 0 aliphatic carbocycles. The second-order valence-corrected chi connectivity index (χ2v) is 6.11. The molecule has 1 N–H and O–H groups in total. The Morgan fingerprint density at radius 2 is 1.96 bits per heavy atom. The molecule has 0 fully saturated rings. The van der Waals surface area contributed by atoms with Gasteiger partial charge in [0.25, 0.3) is 0 Å². The highest BCUT2D eigenvalue weighted by Crippen LogP contribution is 2.38. The minimum Gasteiger partial charge on any atom is -0.497 e. The number of hydrogen-bond donors (Lipinski definition) is 1. The number of aromatic carboxylic acids is 1. The number of ketones is 1. The van der Waals surface area contributed by atoms with Gasteiger partial charge in [-0.3, -0.25) is 4.79 Å². The fourth-order valence-electron chi connectivity index (χ4n) is 3.03. The van der Waals surface area contributed by atoms with Crippen molar-refractivity contribution in [3.63, 3.8) is 0 Å². The summed E-state index contributed by atoms with van der Waals surface area (Å²) in [6, 6.07) is 8.16. The second-order valence-electron chi connectivity index (χ2n) is 6.11. The lowest BCUT2D eigenvalue weighted by Crippen LogP contribution is -2.02. The molecular weight excluding hydrogens is 348 g/mol. The number of carbonyl (C=O) groups is 2. The predicted octanol–water partition coefficient (Wildman–Crippen LogP) is 3.97. The molecule has 0 spiro atoms. The van der Waals surface area contributed by atoms with E-state index in [1.165, 1.54) is 13.2 Å². The molecule has 0 aromatic heterocycles. The molecule has 0 saturated heterocycles. The number of fused-ring (bicyclic) bond motifs is 1. The quantitative estimate of drug-likeness (QED) is 0.777. The van der Waals surface area contributed by atoms with Crippen molar-refractivity contribution in [3.8, 4) is 17.2 Å². The number of rotatable bonds is 6. The molecule has 2 aromatic carbocycles. The average molecular weight is 368 g/mol. The van der Waals surface area contributed by atoms with E-state index >= 15 is 0 Å². The molecule has 6 nitrogen and oxygen atoms in total. The normalized spacial score (nSPS) is 14.0. The summed E-state index contributed by atoms with van der Waals surface area (Å²) in [5, 5.41) is 9.32. The number of Topliss-reactive ketones (excluding diaryl/α,β-unsaturated/α-hetero) is 1. The highest BCUT2D eigenvalue weighted by Gasteiger charge is 2.31. The molecule has 6 heteroatoms. The molecule has 0 unspecified atom stereocenters. The Kier molecular flexibility index (Phi) is 5.16. The van der Waals surface area contributed by atoms with Gasteiger partial charge < -0.3 is 19.3 Å². The number of carboxylic acids is 1. The molecule has 3 rings (SSSR count). The maximum atomic E-state index is 12.8. The summed E-state index contributed by atoms with van der Waals surface area (Å²) in [4.78, 5) is 24.2. The molecule has 0 bridgehead atoms. The number of carbonyl (C=O) groups excluding carboxylic acids is 1. The lowest BCUT2D eigenvalue weighted by atomic mass is 9.99. The zero-order valence-corrected chi connectivity index (χ0v) is 15.4. The largest absolute Gasteiger partial charge is 0.497 e. The third-order valence-electron chi connectivity index (χ3n) is 4.34. The third-order valence-corrected chi connectivity index (χ3v) is 4.34. The standard InChI is InChI=1S/C21H20O6/c1-4-5-12-8-14(21(23)24)10-16-19(22)18(27-20(12)16)11-13-9-15(25-2)6-7-17(13)26-3/h6-11H,4-5H2,1-3H3,(H,23,24). The molecule has 0 atom stereocenters. The van der Waals surface area contributed by atoms with Crippen molar-refractivity contribution in [1.82, 2.24) is 0 Å². The fourth-order valence-corrected chi connectivity index (χ4v) is 3.03. The van der Waals surface area contributed by atoms with Crippen LogP contribution >= 0.6 is 0 Å². The Labute approximate surface area is 157 Å². The Bertz CT molecular complexity index is 942. The summed E-state index contributed by atoms with van der Waals surface area (Å²) in [5.41, 5.74) is 1.69. The van der Waals surface area contributed by atoms with Crippen molar-refractivity contribution >= 4 is 17.8 Å². The summed E-state index contributed by atoms with van der Waals surface area (Å²) >= 11 is 0. The molecule has 140 valence electrons. The smallest absolute Gasteiger partial charge is 0.335 e. The number of methoxy groups -OCH3 is 2. The molecule has 1 aliphatic heterocycles. The lowest BCUT2D eigenvalue weighted by Gasteiger charge is -2.09. The molecule has 1 heterocycles. The monoisotopic (exact) mass is 368 g/mol. The van der Waals surface area contributed by atoms with Crippen LogP contribution in [0.1, 0.15) is 45.2 Å². The zero-order valence-electron chi connectivity index (χ0n) is 15.4. The molecule has 0 amide bonds. The highest BCUT2D eigenvalue weighted by molar-refractivity contribution is 6.15. The maximum absolute atomic E-state index is 12.8. The summed E-state index contributed by atoms with van der Waals surface area (Å²) in [6.07, 6.45) is 3.00. The summed E-state index contributed by atoms with van der Waals surface area (Å²) < 4.78 is 16.4.